The van der Waals surface area contributed by atoms with Crippen molar-refractivity contribution in [3.63, 3.8) is 0 Å². The van der Waals surface area contributed by atoms with Crippen molar-refractivity contribution in [3.05, 3.63) is 17.8 Å². The van der Waals surface area contributed by atoms with E-state index in [0.29, 0.717) is 6.04 Å². The van der Waals surface area contributed by atoms with Crippen LogP contribution in [0, 0.1) is 0 Å². The summed E-state index contributed by atoms with van der Waals surface area (Å²) in [6.07, 6.45) is 3.78. The van der Waals surface area contributed by atoms with Crippen molar-refractivity contribution in [2.45, 2.75) is 45.7 Å². The Bertz CT molecular complexity index is 332. The Hall–Kier alpha value is -1.16. The predicted molar refractivity (Wildman–Crippen MR) is 70.1 cm³/mol. The Morgan fingerprint density at radius 3 is 2.65 bits per heavy atom. The molecule has 0 saturated heterocycles. The van der Waals surface area contributed by atoms with Crippen LogP contribution in [0.25, 0.3) is 0 Å². The summed E-state index contributed by atoms with van der Waals surface area (Å²) in [5.74, 6) is 1.04. The highest BCUT2D eigenvalue weighted by Crippen LogP contribution is 2.30. The Labute approximate surface area is 103 Å². The van der Waals surface area contributed by atoms with Crippen molar-refractivity contribution in [1.29, 1.82) is 0 Å². The van der Waals surface area contributed by atoms with Gasteiger partial charge in [0.1, 0.15) is 0 Å². The van der Waals surface area contributed by atoms with Crippen LogP contribution in [-0.2, 0) is 6.54 Å². The number of nitrogens with zero attached hydrogens (tertiary/aromatic N) is 3. The summed E-state index contributed by atoms with van der Waals surface area (Å²) in [5.41, 5.74) is 1.02. The minimum Gasteiger partial charge on any atom is -0.352 e. The van der Waals surface area contributed by atoms with E-state index in [2.05, 4.69) is 46.4 Å². The zero-order valence-electron chi connectivity index (χ0n) is 10.8. The minimum absolute atomic E-state index is 0.712. The molecule has 1 aliphatic rings. The third-order valence-electron chi connectivity index (χ3n) is 3.01. The predicted octanol–water partition coefficient (Wildman–Crippen LogP) is 1.96. The number of hydrogen-bond donors (Lipinski definition) is 1. The second-order valence-electron chi connectivity index (χ2n) is 4.59. The summed E-state index contributed by atoms with van der Waals surface area (Å²) in [7, 11) is 0. The van der Waals surface area contributed by atoms with E-state index in [1.54, 1.807) is 0 Å². The molecule has 0 aliphatic heterocycles. The van der Waals surface area contributed by atoms with Gasteiger partial charge in [0.25, 0.3) is 0 Å². The molecule has 94 valence electrons. The number of rotatable bonds is 7. The molecular formula is C13H22N4. The molecule has 0 bridgehead atoms. The molecule has 4 heteroatoms. The molecule has 0 amide bonds. The third kappa shape index (κ3) is 3.40. The highest BCUT2D eigenvalue weighted by atomic mass is 15.3. The van der Waals surface area contributed by atoms with Crippen molar-refractivity contribution in [2.75, 3.05) is 18.0 Å². The van der Waals surface area contributed by atoms with Crippen LogP contribution in [0.5, 0.6) is 0 Å². The van der Waals surface area contributed by atoms with Gasteiger partial charge in [-0.2, -0.15) is 5.10 Å². The lowest BCUT2D eigenvalue weighted by Gasteiger charge is -2.22. The number of nitrogens with one attached hydrogen (secondary N) is 1. The van der Waals surface area contributed by atoms with E-state index < -0.39 is 0 Å². The van der Waals surface area contributed by atoms with E-state index in [1.165, 1.54) is 12.8 Å². The lowest BCUT2D eigenvalue weighted by atomic mass is 10.3. The van der Waals surface area contributed by atoms with Gasteiger partial charge in [-0.1, -0.05) is 13.8 Å². The van der Waals surface area contributed by atoms with E-state index in [9.17, 15) is 0 Å². The van der Waals surface area contributed by atoms with Gasteiger partial charge in [0.2, 0.25) is 0 Å². The largest absolute Gasteiger partial charge is 0.352 e. The molecule has 1 heterocycles. The monoisotopic (exact) mass is 234 g/mol. The number of anilines is 1. The maximum atomic E-state index is 4.35. The fraction of sp³-hybridized carbons (Fsp3) is 0.692. The SMILES string of the molecule is CCCN(c1ccc(CNCC)nn1)C1CC1. The van der Waals surface area contributed by atoms with Crippen LogP contribution < -0.4 is 10.2 Å². The van der Waals surface area contributed by atoms with Crippen molar-refractivity contribution in [1.82, 2.24) is 15.5 Å². The summed E-state index contributed by atoms with van der Waals surface area (Å²) in [6, 6.07) is 4.90. The van der Waals surface area contributed by atoms with E-state index >= 15 is 0 Å². The average molecular weight is 234 g/mol. The van der Waals surface area contributed by atoms with Gasteiger partial charge in [-0.05, 0) is 37.9 Å². The molecule has 0 aromatic carbocycles. The van der Waals surface area contributed by atoms with Crippen LogP contribution in [-0.4, -0.2) is 29.3 Å². The molecule has 0 radical (unpaired) electrons. The van der Waals surface area contributed by atoms with Crippen molar-refractivity contribution < 1.29 is 0 Å². The molecule has 17 heavy (non-hydrogen) atoms. The zero-order chi connectivity index (χ0) is 12.1. The molecule has 2 rings (SSSR count). The zero-order valence-corrected chi connectivity index (χ0v) is 10.8. The van der Waals surface area contributed by atoms with E-state index in [0.717, 1.165) is 37.6 Å². The summed E-state index contributed by atoms with van der Waals surface area (Å²) in [4.78, 5) is 2.39. The van der Waals surface area contributed by atoms with Crippen molar-refractivity contribution in [3.8, 4) is 0 Å². The van der Waals surface area contributed by atoms with Gasteiger partial charge < -0.3 is 10.2 Å². The topological polar surface area (TPSA) is 41.0 Å². The molecule has 1 aromatic heterocycles. The molecule has 0 spiro atoms. The first-order valence-electron chi connectivity index (χ1n) is 6.65. The Morgan fingerprint density at radius 1 is 1.29 bits per heavy atom. The third-order valence-corrected chi connectivity index (χ3v) is 3.01. The van der Waals surface area contributed by atoms with E-state index in [-0.39, 0.29) is 0 Å². The molecule has 0 unspecified atom stereocenters. The maximum absolute atomic E-state index is 4.35. The van der Waals surface area contributed by atoms with Gasteiger partial charge in [0.05, 0.1) is 5.69 Å². The molecule has 1 saturated carbocycles. The highest BCUT2D eigenvalue weighted by molar-refractivity contribution is 5.40. The summed E-state index contributed by atoms with van der Waals surface area (Å²) in [6.45, 7) is 7.17. The fourth-order valence-corrected chi connectivity index (χ4v) is 1.96. The van der Waals surface area contributed by atoms with Crippen LogP contribution in [0.15, 0.2) is 12.1 Å². The summed E-state index contributed by atoms with van der Waals surface area (Å²) < 4.78 is 0. The quantitative estimate of drug-likeness (QED) is 0.783. The molecule has 0 atom stereocenters. The first kappa shape index (κ1) is 12.3. The smallest absolute Gasteiger partial charge is 0.151 e. The number of aromatic nitrogens is 2. The lowest BCUT2D eigenvalue weighted by molar-refractivity contribution is 0.689. The van der Waals surface area contributed by atoms with Crippen LogP contribution in [0.1, 0.15) is 38.8 Å². The average Bonchev–Trinajstić information content (AvgIpc) is 3.18. The Balaban J connectivity index is 1.99. The van der Waals surface area contributed by atoms with Gasteiger partial charge in [0, 0.05) is 19.1 Å². The minimum atomic E-state index is 0.712. The van der Waals surface area contributed by atoms with Crippen molar-refractivity contribution >= 4 is 5.82 Å². The van der Waals surface area contributed by atoms with Gasteiger partial charge in [-0.25, -0.2) is 0 Å². The van der Waals surface area contributed by atoms with Crippen molar-refractivity contribution in [2.24, 2.45) is 0 Å². The van der Waals surface area contributed by atoms with Gasteiger partial charge >= 0.3 is 0 Å². The van der Waals surface area contributed by atoms with Gasteiger partial charge in [0.15, 0.2) is 5.82 Å². The normalized spacial score (nSPS) is 14.9. The summed E-state index contributed by atoms with van der Waals surface area (Å²) in [5, 5.41) is 11.9. The molecule has 4 nitrogen and oxygen atoms in total. The van der Waals surface area contributed by atoms with E-state index in [4.69, 9.17) is 0 Å². The van der Waals surface area contributed by atoms with E-state index in [1.807, 2.05) is 0 Å². The van der Waals surface area contributed by atoms with Crippen LogP contribution >= 0.6 is 0 Å². The number of hydrogen-bond acceptors (Lipinski definition) is 4. The molecular weight excluding hydrogens is 212 g/mol. The summed E-state index contributed by atoms with van der Waals surface area (Å²) >= 11 is 0. The molecule has 1 aromatic rings. The van der Waals surface area contributed by atoms with Crippen LogP contribution in [0.2, 0.25) is 0 Å². The second kappa shape index (κ2) is 5.96. The molecule has 1 aliphatic carbocycles. The highest BCUT2D eigenvalue weighted by Gasteiger charge is 2.29. The van der Waals surface area contributed by atoms with Gasteiger partial charge in [-0.15, -0.1) is 5.10 Å². The lowest BCUT2D eigenvalue weighted by Crippen LogP contribution is -2.27. The maximum Gasteiger partial charge on any atom is 0.151 e. The first-order chi connectivity index (χ1) is 8.35. The standard InChI is InChI=1S/C13H22N4/c1-3-9-17(12-6-7-12)13-8-5-11(15-16-13)10-14-4-2/h5,8,12,14H,3-4,6-7,9-10H2,1-2H3. The second-order valence-corrected chi connectivity index (χ2v) is 4.59. The fourth-order valence-electron chi connectivity index (χ4n) is 1.96. The first-order valence-corrected chi connectivity index (χ1v) is 6.65. The van der Waals surface area contributed by atoms with Gasteiger partial charge in [-0.3, -0.25) is 0 Å². The Morgan fingerprint density at radius 2 is 2.12 bits per heavy atom. The molecule has 1 fully saturated rings. The Kier molecular flexibility index (Phi) is 4.31. The van der Waals surface area contributed by atoms with Crippen LogP contribution in [0.4, 0.5) is 5.82 Å². The van der Waals surface area contributed by atoms with Crippen LogP contribution in [0.3, 0.4) is 0 Å². The molecule has 1 N–H and O–H groups in total.